The minimum absolute atomic E-state index is 0.0170. The predicted octanol–water partition coefficient (Wildman–Crippen LogP) is 3.27. The predicted molar refractivity (Wildman–Crippen MR) is 119 cm³/mol. The van der Waals surface area contributed by atoms with E-state index in [1.165, 1.54) is 0 Å². The second kappa shape index (κ2) is 8.94. The maximum absolute atomic E-state index is 13.2. The third-order valence-electron chi connectivity index (χ3n) is 6.11. The maximum Gasteiger partial charge on any atom is 0.192 e. The lowest BCUT2D eigenvalue weighted by Crippen LogP contribution is -2.34. The molecule has 0 aromatic heterocycles. The molecule has 0 saturated carbocycles. The smallest absolute Gasteiger partial charge is 0.192 e. The molecule has 0 N–H and O–H groups in total. The lowest BCUT2D eigenvalue weighted by Gasteiger charge is -2.26. The van der Waals surface area contributed by atoms with Gasteiger partial charge in [-0.25, -0.2) is 16.8 Å². The number of hydrogen-bond donors (Lipinski definition) is 0. The van der Waals surface area contributed by atoms with E-state index < -0.39 is 19.7 Å². The fourth-order valence-electron chi connectivity index (χ4n) is 4.59. The first-order valence-corrected chi connectivity index (χ1v) is 14.1. The van der Waals surface area contributed by atoms with Crippen LogP contribution in [0.3, 0.4) is 0 Å². The molecule has 8 heteroatoms. The molecule has 2 aromatic rings. The van der Waals surface area contributed by atoms with Crippen molar-refractivity contribution in [2.45, 2.75) is 48.3 Å². The van der Waals surface area contributed by atoms with Gasteiger partial charge in [0.15, 0.2) is 19.7 Å². The van der Waals surface area contributed by atoms with Crippen LogP contribution < -0.4 is 0 Å². The molecule has 4 rings (SSSR count). The highest BCUT2D eigenvalue weighted by atomic mass is 32.2. The highest BCUT2D eigenvalue weighted by Crippen LogP contribution is 2.30. The zero-order chi connectivity index (χ0) is 21.2. The molecule has 0 atom stereocenters. The molecule has 0 aliphatic carbocycles. The van der Waals surface area contributed by atoms with E-state index in [2.05, 4.69) is 0 Å². The lowest BCUT2D eigenvalue weighted by molar-refractivity contribution is 0.261. The van der Waals surface area contributed by atoms with Crippen LogP contribution in [-0.2, 0) is 19.7 Å². The summed E-state index contributed by atoms with van der Waals surface area (Å²) in [5.74, 6) is -0.0340. The van der Waals surface area contributed by atoms with Gasteiger partial charge in [-0.15, -0.1) is 0 Å². The van der Waals surface area contributed by atoms with Gasteiger partial charge in [-0.1, -0.05) is 37.1 Å². The van der Waals surface area contributed by atoms with Gasteiger partial charge in [-0.05, 0) is 64.0 Å². The number of nitrogens with zero attached hydrogens (tertiary/aromatic N) is 2. The average Bonchev–Trinajstić information content (AvgIpc) is 2.73. The minimum atomic E-state index is -3.56. The molecule has 0 unspecified atom stereocenters. The first kappa shape index (κ1) is 21.7. The summed E-state index contributed by atoms with van der Waals surface area (Å²) < 4.78 is 52.8. The summed E-state index contributed by atoms with van der Waals surface area (Å²) in [6, 6.07) is 9.96. The van der Waals surface area contributed by atoms with Gasteiger partial charge in [-0.3, -0.25) is 9.80 Å². The Morgan fingerprint density at radius 2 is 0.933 bits per heavy atom. The lowest BCUT2D eigenvalue weighted by atomic mass is 10.1. The van der Waals surface area contributed by atoms with Crippen LogP contribution in [0, 0.1) is 0 Å². The number of fused-ring (bicyclic) bond motifs is 1. The molecule has 2 aromatic carbocycles. The number of rotatable bonds is 6. The van der Waals surface area contributed by atoms with E-state index in [1.807, 2.05) is 9.80 Å². The molecule has 2 heterocycles. The standard InChI is InChI=1S/C22H30N2O4S2/c25-29(26,17-23-13-3-1-4-14-23)21-11-7-10-20-19(21)9-8-12-22(20)30(27,28)18-24-15-5-2-6-16-24/h7-12H,1-6,13-18H2. The number of piperidine rings is 2. The summed E-state index contributed by atoms with van der Waals surface area (Å²) >= 11 is 0. The van der Waals surface area contributed by atoms with Crippen molar-refractivity contribution >= 4 is 30.4 Å². The van der Waals surface area contributed by atoms with Crippen LogP contribution in [0.1, 0.15) is 38.5 Å². The highest BCUT2D eigenvalue weighted by Gasteiger charge is 2.26. The van der Waals surface area contributed by atoms with Gasteiger partial charge in [0.1, 0.15) is 11.8 Å². The molecule has 30 heavy (non-hydrogen) atoms. The summed E-state index contributed by atoms with van der Waals surface area (Å²) in [4.78, 5) is 4.41. The number of benzene rings is 2. The van der Waals surface area contributed by atoms with Gasteiger partial charge < -0.3 is 0 Å². The SMILES string of the molecule is O=S(=O)(CN1CCCCC1)c1cccc2c(S(=O)(=O)CN3CCCCC3)cccc12. The Labute approximate surface area is 179 Å². The van der Waals surface area contributed by atoms with Gasteiger partial charge in [0.2, 0.25) is 0 Å². The van der Waals surface area contributed by atoms with Gasteiger partial charge in [0.25, 0.3) is 0 Å². The van der Waals surface area contributed by atoms with Crippen molar-refractivity contribution in [1.82, 2.24) is 9.80 Å². The van der Waals surface area contributed by atoms with E-state index in [4.69, 9.17) is 0 Å². The summed E-state index contributed by atoms with van der Waals surface area (Å²) in [6.07, 6.45) is 6.36. The largest absolute Gasteiger partial charge is 0.290 e. The monoisotopic (exact) mass is 450 g/mol. The van der Waals surface area contributed by atoms with E-state index in [0.717, 1.165) is 64.7 Å². The molecule has 2 aliphatic rings. The van der Waals surface area contributed by atoms with E-state index in [0.29, 0.717) is 10.8 Å². The van der Waals surface area contributed by atoms with Gasteiger partial charge in [-0.2, -0.15) is 0 Å². The molecule has 2 saturated heterocycles. The van der Waals surface area contributed by atoms with Crippen molar-refractivity contribution in [2.24, 2.45) is 0 Å². The summed E-state index contributed by atoms with van der Waals surface area (Å²) in [6.45, 7) is 3.16. The average molecular weight is 451 g/mol. The van der Waals surface area contributed by atoms with Crippen molar-refractivity contribution in [3.05, 3.63) is 36.4 Å². The van der Waals surface area contributed by atoms with Crippen LogP contribution in [0.15, 0.2) is 46.2 Å². The van der Waals surface area contributed by atoms with Crippen molar-refractivity contribution < 1.29 is 16.8 Å². The third-order valence-corrected chi connectivity index (χ3v) is 9.58. The van der Waals surface area contributed by atoms with E-state index in [9.17, 15) is 16.8 Å². The van der Waals surface area contributed by atoms with Gasteiger partial charge in [0.05, 0.1) is 9.79 Å². The van der Waals surface area contributed by atoms with E-state index in [-0.39, 0.29) is 21.5 Å². The number of likely N-dealkylation sites (tertiary alicyclic amines) is 2. The summed E-state index contributed by atoms with van der Waals surface area (Å²) in [7, 11) is -7.11. The van der Waals surface area contributed by atoms with Gasteiger partial charge >= 0.3 is 0 Å². The first-order valence-electron chi connectivity index (χ1n) is 10.8. The Morgan fingerprint density at radius 3 is 1.30 bits per heavy atom. The van der Waals surface area contributed by atoms with Crippen molar-refractivity contribution in [3.8, 4) is 0 Å². The van der Waals surface area contributed by atoms with Crippen molar-refractivity contribution in [2.75, 3.05) is 37.9 Å². The Morgan fingerprint density at radius 1 is 0.567 bits per heavy atom. The second-order valence-corrected chi connectivity index (χ2v) is 12.3. The topological polar surface area (TPSA) is 74.8 Å². The zero-order valence-electron chi connectivity index (χ0n) is 17.3. The van der Waals surface area contributed by atoms with E-state index >= 15 is 0 Å². The maximum atomic E-state index is 13.2. The highest BCUT2D eigenvalue weighted by molar-refractivity contribution is 7.92. The van der Waals surface area contributed by atoms with Gasteiger partial charge in [0, 0.05) is 10.8 Å². The molecule has 2 fully saturated rings. The molecular formula is C22H30N2O4S2. The normalized spacial score (nSPS) is 19.9. The molecule has 0 amide bonds. The Kier molecular flexibility index (Phi) is 6.48. The molecule has 0 spiro atoms. The third kappa shape index (κ3) is 4.72. The van der Waals surface area contributed by atoms with E-state index in [1.54, 1.807) is 36.4 Å². The van der Waals surface area contributed by atoms with Crippen LogP contribution in [0.5, 0.6) is 0 Å². The van der Waals surface area contributed by atoms with Crippen LogP contribution >= 0.6 is 0 Å². The minimum Gasteiger partial charge on any atom is -0.290 e. The molecule has 2 aliphatic heterocycles. The van der Waals surface area contributed by atoms with Crippen LogP contribution in [0.2, 0.25) is 0 Å². The zero-order valence-corrected chi connectivity index (χ0v) is 18.9. The fraction of sp³-hybridized carbons (Fsp3) is 0.545. The molecule has 6 nitrogen and oxygen atoms in total. The second-order valence-electron chi connectivity index (χ2n) is 8.45. The fourth-order valence-corrected chi connectivity index (χ4v) is 7.95. The Balaban J connectivity index is 1.69. The molecule has 164 valence electrons. The molecule has 0 bridgehead atoms. The number of sulfone groups is 2. The van der Waals surface area contributed by atoms with Crippen molar-refractivity contribution in [1.29, 1.82) is 0 Å². The Hall–Kier alpha value is -1.48. The van der Waals surface area contributed by atoms with Crippen LogP contribution in [0.25, 0.3) is 10.8 Å². The van der Waals surface area contributed by atoms with Crippen LogP contribution in [0.4, 0.5) is 0 Å². The first-order chi connectivity index (χ1) is 14.4. The molecular weight excluding hydrogens is 420 g/mol. The van der Waals surface area contributed by atoms with Crippen molar-refractivity contribution in [3.63, 3.8) is 0 Å². The summed E-state index contributed by atoms with van der Waals surface area (Å²) in [5, 5.41) is 0.989. The summed E-state index contributed by atoms with van der Waals surface area (Å²) in [5.41, 5.74) is 0. The Bertz CT molecular complexity index is 1010. The van der Waals surface area contributed by atoms with Crippen LogP contribution in [-0.4, -0.2) is 64.6 Å². The quantitative estimate of drug-likeness (QED) is 0.672. The number of hydrogen-bond acceptors (Lipinski definition) is 6. The molecule has 0 radical (unpaired) electrons.